The number of aromatic nitrogens is 2. The number of halogens is 2. The number of benzene rings is 2. The summed E-state index contributed by atoms with van der Waals surface area (Å²) < 4.78 is 0. The number of hydrogen-bond acceptors (Lipinski definition) is 5. The van der Waals surface area contributed by atoms with Gasteiger partial charge in [-0.3, -0.25) is 14.4 Å². The summed E-state index contributed by atoms with van der Waals surface area (Å²) in [6, 6.07) is 10.9. The van der Waals surface area contributed by atoms with Crippen LogP contribution < -0.4 is 5.32 Å². The molecular weight excluding hydrogens is 473 g/mol. The number of nitrogens with one attached hydrogen (secondary N) is 1. The Morgan fingerprint density at radius 1 is 1.03 bits per heavy atom. The van der Waals surface area contributed by atoms with E-state index in [0.717, 1.165) is 22.3 Å². The summed E-state index contributed by atoms with van der Waals surface area (Å²) in [5.41, 5.74) is 3.97. The smallest absolute Gasteiger partial charge is 0.221 e. The highest BCUT2D eigenvalue weighted by atomic mass is 35.5. The van der Waals surface area contributed by atoms with Crippen LogP contribution in [0.2, 0.25) is 10.0 Å². The van der Waals surface area contributed by atoms with Crippen molar-refractivity contribution in [2.24, 2.45) is 5.92 Å². The maximum atomic E-state index is 13.2. The first-order valence-corrected chi connectivity index (χ1v) is 11.6. The number of nitrogens with zero attached hydrogens (tertiary/aromatic N) is 2. The van der Waals surface area contributed by atoms with Gasteiger partial charge in [0.25, 0.3) is 0 Å². The number of rotatable bonds is 6. The summed E-state index contributed by atoms with van der Waals surface area (Å²) in [7, 11) is 0. The maximum absolute atomic E-state index is 13.2. The standard InChI is InChI=1S/C26H23Cl2N3O3/c1-14-6-18(26-30-12-20(28)13-31-26)7-15(2)23(14)24-21(32)9-17(25(24)34)10-22(33)29-11-16-4-3-5-19(27)8-16/h3-8,12-13,17,24H,9-11H2,1-2H3,(H,29,33). The summed E-state index contributed by atoms with van der Waals surface area (Å²) >= 11 is 11.9. The third-order valence-electron chi connectivity index (χ3n) is 6.03. The third kappa shape index (κ3) is 5.18. The zero-order chi connectivity index (χ0) is 24.4. The summed E-state index contributed by atoms with van der Waals surface area (Å²) in [6.45, 7) is 4.05. The Hall–Kier alpha value is -3.09. The molecule has 0 spiro atoms. The number of Topliss-reactive ketones (excluding diaryl/α,β-unsaturated/α-hetero) is 2. The van der Waals surface area contributed by atoms with Gasteiger partial charge in [0.05, 0.1) is 5.02 Å². The summed E-state index contributed by atoms with van der Waals surface area (Å²) in [5.74, 6) is -1.60. The number of carbonyl (C=O) groups is 3. The Bertz CT molecular complexity index is 1250. The van der Waals surface area contributed by atoms with Crippen molar-refractivity contribution in [3.8, 4) is 11.4 Å². The van der Waals surface area contributed by atoms with Gasteiger partial charge in [0.2, 0.25) is 5.91 Å². The van der Waals surface area contributed by atoms with Gasteiger partial charge in [-0.05, 0) is 60.4 Å². The maximum Gasteiger partial charge on any atom is 0.221 e. The SMILES string of the molecule is Cc1cc(-c2ncc(Cl)cn2)cc(C)c1C1C(=O)CC(CC(=O)NCc2cccc(Cl)c2)C1=O. The molecule has 8 heteroatoms. The van der Waals surface area contributed by atoms with Crippen LogP contribution in [0.1, 0.15) is 41.0 Å². The van der Waals surface area contributed by atoms with Gasteiger partial charge in [-0.25, -0.2) is 9.97 Å². The Morgan fingerprint density at radius 3 is 2.35 bits per heavy atom. The van der Waals surface area contributed by atoms with E-state index in [1.807, 2.05) is 38.1 Å². The Kier molecular flexibility index (Phi) is 7.10. The van der Waals surface area contributed by atoms with E-state index in [0.29, 0.717) is 28.0 Å². The number of ketones is 2. The third-order valence-corrected chi connectivity index (χ3v) is 6.46. The van der Waals surface area contributed by atoms with E-state index in [9.17, 15) is 14.4 Å². The molecule has 4 rings (SSSR count). The van der Waals surface area contributed by atoms with Gasteiger partial charge in [0, 0.05) is 48.3 Å². The highest BCUT2D eigenvalue weighted by Crippen LogP contribution is 2.38. The zero-order valence-corrected chi connectivity index (χ0v) is 20.3. The van der Waals surface area contributed by atoms with Crippen LogP contribution >= 0.6 is 23.2 Å². The number of aryl methyl sites for hydroxylation is 2. The fourth-order valence-electron chi connectivity index (χ4n) is 4.50. The van der Waals surface area contributed by atoms with Gasteiger partial charge < -0.3 is 5.32 Å². The van der Waals surface area contributed by atoms with E-state index in [-0.39, 0.29) is 30.3 Å². The largest absolute Gasteiger partial charge is 0.352 e. The lowest BCUT2D eigenvalue weighted by atomic mass is 9.86. The molecule has 1 heterocycles. The zero-order valence-electron chi connectivity index (χ0n) is 18.8. The van der Waals surface area contributed by atoms with Crippen LogP contribution in [-0.2, 0) is 20.9 Å². The first kappa shape index (κ1) is 24.0. The molecule has 1 saturated carbocycles. The molecule has 1 aromatic heterocycles. The normalized spacial score (nSPS) is 17.8. The minimum atomic E-state index is -0.856. The van der Waals surface area contributed by atoms with Crippen molar-refractivity contribution in [3.05, 3.63) is 81.1 Å². The van der Waals surface area contributed by atoms with Gasteiger partial charge in [-0.15, -0.1) is 0 Å². The minimum Gasteiger partial charge on any atom is -0.352 e. The van der Waals surface area contributed by atoms with E-state index in [1.54, 1.807) is 12.1 Å². The van der Waals surface area contributed by atoms with Crippen LogP contribution in [-0.4, -0.2) is 27.4 Å². The minimum absolute atomic E-state index is 0.0174. The molecule has 6 nitrogen and oxygen atoms in total. The molecule has 1 aliphatic rings. The lowest BCUT2D eigenvalue weighted by Crippen LogP contribution is -2.27. The van der Waals surface area contributed by atoms with Crippen molar-refractivity contribution in [1.29, 1.82) is 0 Å². The Balaban J connectivity index is 1.48. The molecule has 1 aliphatic carbocycles. The van der Waals surface area contributed by atoms with E-state index in [2.05, 4.69) is 15.3 Å². The van der Waals surface area contributed by atoms with E-state index >= 15 is 0 Å². The topological polar surface area (TPSA) is 89.0 Å². The fraction of sp³-hybridized carbons (Fsp3) is 0.269. The quantitative estimate of drug-likeness (QED) is 0.485. The second kappa shape index (κ2) is 10.0. The van der Waals surface area contributed by atoms with Crippen molar-refractivity contribution < 1.29 is 14.4 Å². The molecule has 0 bridgehead atoms. The molecule has 0 aliphatic heterocycles. The Labute approximate surface area is 207 Å². The van der Waals surface area contributed by atoms with Gasteiger partial charge in [0.15, 0.2) is 11.6 Å². The monoisotopic (exact) mass is 495 g/mol. The van der Waals surface area contributed by atoms with Gasteiger partial charge >= 0.3 is 0 Å². The molecule has 0 radical (unpaired) electrons. The molecule has 1 amide bonds. The van der Waals surface area contributed by atoms with E-state index < -0.39 is 11.8 Å². The van der Waals surface area contributed by atoms with Crippen LogP contribution in [0.15, 0.2) is 48.8 Å². The van der Waals surface area contributed by atoms with Crippen LogP contribution in [0.3, 0.4) is 0 Å². The van der Waals surface area contributed by atoms with Crippen molar-refractivity contribution in [3.63, 3.8) is 0 Å². The summed E-state index contributed by atoms with van der Waals surface area (Å²) in [5, 5.41) is 3.84. The second-order valence-corrected chi connectivity index (χ2v) is 9.43. The average molecular weight is 496 g/mol. The van der Waals surface area contributed by atoms with E-state index in [4.69, 9.17) is 23.2 Å². The summed E-state index contributed by atoms with van der Waals surface area (Å²) in [6.07, 6.45) is 3.09. The number of carbonyl (C=O) groups excluding carboxylic acids is 3. The first-order chi connectivity index (χ1) is 16.2. The van der Waals surface area contributed by atoms with Crippen molar-refractivity contribution in [2.45, 2.75) is 39.2 Å². The fourth-order valence-corrected chi connectivity index (χ4v) is 4.81. The molecule has 1 N–H and O–H groups in total. The predicted molar refractivity (Wildman–Crippen MR) is 131 cm³/mol. The number of hydrogen-bond donors (Lipinski definition) is 1. The lowest BCUT2D eigenvalue weighted by molar-refractivity contribution is -0.128. The van der Waals surface area contributed by atoms with Gasteiger partial charge in [0.1, 0.15) is 11.7 Å². The number of amides is 1. The highest BCUT2D eigenvalue weighted by Gasteiger charge is 2.43. The molecule has 174 valence electrons. The Morgan fingerprint density at radius 2 is 1.71 bits per heavy atom. The molecule has 2 aromatic carbocycles. The molecular formula is C26H23Cl2N3O3. The molecule has 2 atom stereocenters. The van der Waals surface area contributed by atoms with Gasteiger partial charge in [-0.1, -0.05) is 35.3 Å². The molecule has 2 unspecified atom stereocenters. The molecule has 1 fully saturated rings. The van der Waals surface area contributed by atoms with Gasteiger partial charge in [-0.2, -0.15) is 0 Å². The van der Waals surface area contributed by atoms with E-state index in [1.165, 1.54) is 12.4 Å². The van der Waals surface area contributed by atoms with Crippen LogP contribution in [0, 0.1) is 19.8 Å². The van der Waals surface area contributed by atoms with Crippen LogP contribution in [0.5, 0.6) is 0 Å². The lowest BCUT2D eigenvalue weighted by Gasteiger charge is -2.17. The predicted octanol–water partition coefficient (Wildman–Crippen LogP) is 5.02. The van der Waals surface area contributed by atoms with Crippen molar-refractivity contribution in [2.75, 3.05) is 0 Å². The molecule has 34 heavy (non-hydrogen) atoms. The molecule has 0 saturated heterocycles. The van der Waals surface area contributed by atoms with Crippen LogP contribution in [0.25, 0.3) is 11.4 Å². The van der Waals surface area contributed by atoms with Crippen molar-refractivity contribution in [1.82, 2.24) is 15.3 Å². The second-order valence-electron chi connectivity index (χ2n) is 8.56. The molecule has 3 aromatic rings. The highest BCUT2D eigenvalue weighted by molar-refractivity contribution is 6.30. The van der Waals surface area contributed by atoms with Crippen LogP contribution in [0.4, 0.5) is 0 Å². The van der Waals surface area contributed by atoms with Crippen molar-refractivity contribution >= 4 is 40.7 Å². The average Bonchev–Trinajstić information content (AvgIpc) is 3.05. The first-order valence-electron chi connectivity index (χ1n) is 10.9. The summed E-state index contributed by atoms with van der Waals surface area (Å²) in [4.78, 5) is 47.1.